The van der Waals surface area contributed by atoms with Crippen molar-refractivity contribution in [1.29, 1.82) is 5.26 Å². The van der Waals surface area contributed by atoms with E-state index in [4.69, 9.17) is 10.00 Å². The Kier molecular flexibility index (Phi) is 4.57. The van der Waals surface area contributed by atoms with Crippen molar-refractivity contribution < 1.29 is 9.53 Å². The van der Waals surface area contributed by atoms with Gasteiger partial charge in [0.25, 0.3) is 0 Å². The predicted octanol–water partition coefficient (Wildman–Crippen LogP) is 2.10. The van der Waals surface area contributed by atoms with Gasteiger partial charge in [0, 0.05) is 12.7 Å². The molecule has 0 amide bonds. The first-order valence-electron chi connectivity index (χ1n) is 6.54. The highest BCUT2D eigenvalue weighted by molar-refractivity contribution is 5.81. The van der Waals surface area contributed by atoms with Crippen LogP contribution in [0, 0.1) is 11.3 Å². The molecule has 2 aromatic rings. The summed E-state index contributed by atoms with van der Waals surface area (Å²) in [4.78, 5) is 12.0. The fourth-order valence-electron chi connectivity index (χ4n) is 1.96. The number of carbonyl (C=O) groups excluding carboxylic acids is 1. The van der Waals surface area contributed by atoms with Crippen LogP contribution in [0.2, 0.25) is 0 Å². The predicted molar refractivity (Wildman–Crippen MR) is 77.4 cm³/mol. The summed E-state index contributed by atoms with van der Waals surface area (Å²) in [5.74, 6) is -0.422. The van der Waals surface area contributed by atoms with Crippen LogP contribution in [0.25, 0.3) is 0 Å². The fourth-order valence-corrected chi connectivity index (χ4v) is 1.96. The van der Waals surface area contributed by atoms with E-state index < -0.39 is 12.0 Å². The van der Waals surface area contributed by atoms with Crippen molar-refractivity contribution >= 4 is 11.7 Å². The number of hydrogen-bond acceptors (Lipinski definition) is 5. The molecule has 0 saturated heterocycles. The Hall–Kier alpha value is -2.81. The lowest BCUT2D eigenvalue weighted by Gasteiger charge is -2.17. The number of esters is 1. The SMILES string of the molecule is CCn1cc(N[C@@H](C(=O)OC)c2cccc(C#N)c2)cn1. The van der Waals surface area contributed by atoms with E-state index in [-0.39, 0.29) is 0 Å². The van der Waals surface area contributed by atoms with Crippen molar-refractivity contribution in [2.45, 2.75) is 19.5 Å². The second kappa shape index (κ2) is 6.57. The molecule has 0 aliphatic rings. The minimum atomic E-state index is -0.683. The van der Waals surface area contributed by atoms with Crippen molar-refractivity contribution in [2.75, 3.05) is 12.4 Å². The van der Waals surface area contributed by atoms with Gasteiger partial charge in [-0.15, -0.1) is 0 Å². The molecule has 0 fully saturated rings. The molecule has 21 heavy (non-hydrogen) atoms. The number of aromatic nitrogens is 2. The van der Waals surface area contributed by atoms with Gasteiger partial charge in [0.1, 0.15) is 0 Å². The van der Waals surface area contributed by atoms with Crippen molar-refractivity contribution in [1.82, 2.24) is 9.78 Å². The van der Waals surface area contributed by atoms with E-state index in [2.05, 4.69) is 16.5 Å². The molecule has 2 rings (SSSR count). The zero-order chi connectivity index (χ0) is 15.2. The van der Waals surface area contributed by atoms with Crippen molar-refractivity contribution in [3.63, 3.8) is 0 Å². The van der Waals surface area contributed by atoms with Crippen LogP contribution in [-0.2, 0) is 16.1 Å². The van der Waals surface area contributed by atoms with Crippen LogP contribution >= 0.6 is 0 Å². The highest BCUT2D eigenvalue weighted by atomic mass is 16.5. The Balaban J connectivity index is 2.29. The number of nitrogens with zero attached hydrogens (tertiary/aromatic N) is 3. The maximum absolute atomic E-state index is 12.0. The van der Waals surface area contributed by atoms with Crippen LogP contribution in [0.3, 0.4) is 0 Å². The maximum Gasteiger partial charge on any atom is 0.332 e. The van der Waals surface area contributed by atoms with Crippen LogP contribution in [0.1, 0.15) is 24.1 Å². The number of carbonyl (C=O) groups is 1. The number of ether oxygens (including phenoxy) is 1. The van der Waals surface area contributed by atoms with Crippen LogP contribution in [-0.4, -0.2) is 22.9 Å². The van der Waals surface area contributed by atoms with Gasteiger partial charge in [-0.05, 0) is 24.6 Å². The molecule has 0 spiro atoms. The highest BCUT2D eigenvalue weighted by Crippen LogP contribution is 2.21. The Labute approximate surface area is 123 Å². The molecule has 1 heterocycles. The van der Waals surface area contributed by atoms with Gasteiger partial charge in [-0.3, -0.25) is 4.68 Å². The number of methoxy groups -OCH3 is 1. The first-order valence-corrected chi connectivity index (χ1v) is 6.54. The lowest BCUT2D eigenvalue weighted by molar-refractivity contribution is -0.141. The lowest BCUT2D eigenvalue weighted by atomic mass is 10.0. The lowest BCUT2D eigenvalue weighted by Crippen LogP contribution is -2.22. The van der Waals surface area contributed by atoms with Crippen LogP contribution in [0.4, 0.5) is 5.69 Å². The summed E-state index contributed by atoms with van der Waals surface area (Å²) in [5.41, 5.74) is 1.88. The number of anilines is 1. The Morgan fingerprint density at radius 3 is 3.00 bits per heavy atom. The van der Waals surface area contributed by atoms with Gasteiger partial charge >= 0.3 is 5.97 Å². The van der Waals surface area contributed by atoms with Crippen molar-refractivity contribution in [3.05, 3.63) is 47.8 Å². The van der Waals surface area contributed by atoms with E-state index in [9.17, 15) is 4.79 Å². The molecule has 0 aliphatic heterocycles. The average molecular weight is 284 g/mol. The average Bonchev–Trinajstić information content (AvgIpc) is 2.99. The van der Waals surface area contributed by atoms with E-state index >= 15 is 0 Å². The normalized spacial score (nSPS) is 11.5. The molecular formula is C15H16N4O2. The standard InChI is InChI=1S/C15H16N4O2/c1-3-19-10-13(9-17-19)18-14(15(20)21-2)12-6-4-5-11(7-12)8-16/h4-7,9-10,14,18H,3H2,1-2H3/t14-/m1/s1. The van der Waals surface area contributed by atoms with E-state index in [0.717, 1.165) is 12.2 Å². The maximum atomic E-state index is 12.0. The number of benzene rings is 1. The highest BCUT2D eigenvalue weighted by Gasteiger charge is 2.22. The summed E-state index contributed by atoms with van der Waals surface area (Å²) >= 11 is 0. The number of rotatable bonds is 5. The first-order chi connectivity index (χ1) is 10.2. The third-order valence-electron chi connectivity index (χ3n) is 3.05. The second-order valence-electron chi connectivity index (χ2n) is 4.42. The molecule has 0 saturated carbocycles. The number of hydrogen-bond donors (Lipinski definition) is 1. The number of nitriles is 1. The molecule has 1 aromatic carbocycles. The molecule has 0 radical (unpaired) electrons. The smallest absolute Gasteiger partial charge is 0.332 e. The van der Waals surface area contributed by atoms with E-state index in [1.54, 1.807) is 35.1 Å². The topological polar surface area (TPSA) is 79.9 Å². The molecule has 1 aromatic heterocycles. The summed E-state index contributed by atoms with van der Waals surface area (Å²) in [7, 11) is 1.33. The molecule has 6 nitrogen and oxygen atoms in total. The summed E-state index contributed by atoms with van der Waals surface area (Å²) in [6, 6.07) is 8.24. The summed E-state index contributed by atoms with van der Waals surface area (Å²) < 4.78 is 6.59. The van der Waals surface area contributed by atoms with Gasteiger partial charge in [-0.1, -0.05) is 12.1 Å². The van der Waals surface area contributed by atoms with E-state index in [0.29, 0.717) is 11.1 Å². The summed E-state index contributed by atoms with van der Waals surface area (Å²) in [6.07, 6.45) is 3.46. The minimum absolute atomic E-state index is 0.422. The van der Waals surface area contributed by atoms with Crippen molar-refractivity contribution in [3.8, 4) is 6.07 Å². The quantitative estimate of drug-likeness (QED) is 0.850. The Bertz CT molecular complexity index is 672. The molecule has 6 heteroatoms. The summed E-state index contributed by atoms with van der Waals surface area (Å²) in [6.45, 7) is 2.72. The van der Waals surface area contributed by atoms with Gasteiger partial charge in [0.2, 0.25) is 0 Å². The van der Waals surface area contributed by atoms with Gasteiger partial charge in [0.15, 0.2) is 6.04 Å². The molecule has 0 aliphatic carbocycles. The minimum Gasteiger partial charge on any atom is -0.467 e. The van der Waals surface area contributed by atoms with Crippen LogP contribution < -0.4 is 5.32 Å². The number of aryl methyl sites for hydroxylation is 1. The molecule has 1 N–H and O–H groups in total. The van der Waals surface area contributed by atoms with E-state index in [1.807, 2.05) is 13.1 Å². The van der Waals surface area contributed by atoms with Crippen LogP contribution in [0.5, 0.6) is 0 Å². The first kappa shape index (κ1) is 14.6. The molecule has 1 atom stereocenters. The van der Waals surface area contributed by atoms with Crippen molar-refractivity contribution in [2.24, 2.45) is 0 Å². The largest absolute Gasteiger partial charge is 0.467 e. The molecular weight excluding hydrogens is 268 g/mol. The Morgan fingerprint density at radius 2 is 2.38 bits per heavy atom. The monoisotopic (exact) mass is 284 g/mol. The van der Waals surface area contributed by atoms with Gasteiger partial charge in [0.05, 0.1) is 30.6 Å². The second-order valence-corrected chi connectivity index (χ2v) is 4.42. The van der Waals surface area contributed by atoms with Gasteiger partial charge < -0.3 is 10.1 Å². The number of nitrogens with one attached hydrogen (secondary N) is 1. The Morgan fingerprint density at radius 1 is 1.57 bits per heavy atom. The van der Waals surface area contributed by atoms with E-state index in [1.165, 1.54) is 7.11 Å². The van der Waals surface area contributed by atoms with Gasteiger partial charge in [-0.2, -0.15) is 10.4 Å². The third-order valence-corrected chi connectivity index (χ3v) is 3.05. The molecule has 0 unspecified atom stereocenters. The van der Waals surface area contributed by atoms with Crippen LogP contribution in [0.15, 0.2) is 36.7 Å². The van der Waals surface area contributed by atoms with Gasteiger partial charge in [-0.25, -0.2) is 4.79 Å². The third kappa shape index (κ3) is 3.39. The molecule has 108 valence electrons. The zero-order valence-electron chi connectivity index (χ0n) is 11.9. The zero-order valence-corrected chi connectivity index (χ0v) is 11.9. The summed E-state index contributed by atoms with van der Waals surface area (Å²) in [5, 5.41) is 16.2. The molecule has 0 bridgehead atoms. The fraction of sp³-hybridized carbons (Fsp3) is 0.267.